The highest BCUT2D eigenvalue weighted by molar-refractivity contribution is 5.78. The van der Waals surface area contributed by atoms with Crippen molar-refractivity contribution in [3.8, 4) is 0 Å². The van der Waals surface area contributed by atoms with E-state index in [0.29, 0.717) is 13.0 Å². The molecule has 0 aromatic carbocycles. The first-order valence-corrected chi connectivity index (χ1v) is 7.08. The molecule has 2 N–H and O–H groups in total. The van der Waals surface area contributed by atoms with Crippen LogP contribution in [0.1, 0.15) is 47.0 Å². The van der Waals surface area contributed by atoms with Gasteiger partial charge in [0.1, 0.15) is 5.54 Å². The molecule has 1 fully saturated rings. The molecule has 0 amide bonds. The molecule has 0 radical (unpaired) electrons. The Morgan fingerprint density at radius 1 is 1.53 bits per heavy atom. The fourth-order valence-electron chi connectivity index (χ4n) is 2.53. The smallest absolute Gasteiger partial charge is 0.323 e. The van der Waals surface area contributed by atoms with Gasteiger partial charge in [0.2, 0.25) is 0 Å². The molecular formula is C14H27NO4. The summed E-state index contributed by atoms with van der Waals surface area (Å²) in [6.07, 6.45) is 2.62. The van der Waals surface area contributed by atoms with Crippen LogP contribution in [0.2, 0.25) is 0 Å². The molecule has 1 aliphatic heterocycles. The molecule has 0 aromatic rings. The molecule has 19 heavy (non-hydrogen) atoms. The average Bonchev–Trinajstić information content (AvgIpc) is 2.77. The van der Waals surface area contributed by atoms with Gasteiger partial charge in [-0.1, -0.05) is 0 Å². The lowest BCUT2D eigenvalue weighted by atomic mass is 9.94. The van der Waals surface area contributed by atoms with E-state index in [1.807, 2.05) is 20.8 Å². The summed E-state index contributed by atoms with van der Waals surface area (Å²) in [5.74, 6) is -0.839. The summed E-state index contributed by atoms with van der Waals surface area (Å²) in [6.45, 7) is 8.88. The molecule has 1 aliphatic rings. The van der Waals surface area contributed by atoms with E-state index in [2.05, 4.69) is 5.32 Å². The van der Waals surface area contributed by atoms with Gasteiger partial charge in [-0.3, -0.25) is 10.1 Å². The summed E-state index contributed by atoms with van der Waals surface area (Å²) in [6, 6.07) is 0.117. The van der Waals surface area contributed by atoms with E-state index < -0.39 is 11.5 Å². The Labute approximate surface area is 115 Å². The Bertz CT molecular complexity index is 289. The number of ether oxygens (including phenoxy) is 2. The van der Waals surface area contributed by atoms with Crippen molar-refractivity contribution in [1.29, 1.82) is 0 Å². The molecule has 112 valence electrons. The first-order chi connectivity index (χ1) is 8.83. The number of aliphatic carboxylic acids is 1. The van der Waals surface area contributed by atoms with Crippen LogP contribution in [0.15, 0.2) is 0 Å². The van der Waals surface area contributed by atoms with Crippen molar-refractivity contribution in [3.05, 3.63) is 0 Å². The topological polar surface area (TPSA) is 67.8 Å². The van der Waals surface area contributed by atoms with E-state index >= 15 is 0 Å². The summed E-state index contributed by atoms with van der Waals surface area (Å²) in [4.78, 5) is 11.4. The zero-order valence-electron chi connectivity index (χ0n) is 12.4. The molecule has 0 bridgehead atoms. The van der Waals surface area contributed by atoms with Crippen LogP contribution in [0.3, 0.4) is 0 Å². The molecule has 5 heteroatoms. The standard InChI is InChI=1S/C14H27NO4/c1-10(2)15-14(4,13(16)17)8-11(3)19-9-12-6-5-7-18-12/h10-12,15H,5-9H2,1-4H3,(H,16,17). The quantitative estimate of drug-likeness (QED) is 0.706. The largest absolute Gasteiger partial charge is 0.480 e. The van der Waals surface area contributed by atoms with Gasteiger partial charge in [-0.2, -0.15) is 0 Å². The van der Waals surface area contributed by atoms with Gasteiger partial charge in [-0.15, -0.1) is 0 Å². The summed E-state index contributed by atoms with van der Waals surface area (Å²) in [5.41, 5.74) is -0.954. The van der Waals surface area contributed by atoms with E-state index in [-0.39, 0.29) is 18.2 Å². The highest BCUT2D eigenvalue weighted by atomic mass is 16.5. The van der Waals surface area contributed by atoms with E-state index in [1.165, 1.54) is 0 Å². The lowest BCUT2D eigenvalue weighted by molar-refractivity contribution is -0.146. The maximum Gasteiger partial charge on any atom is 0.323 e. The van der Waals surface area contributed by atoms with Crippen LogP contribution < -0.4 is 5.32 Å². The van der Waals surface area contributed by atoms with E-state index in [9.17, 15) is 9.90 Å². The predicted octanol–water partition coefficient (Wildman–Crippen LogP) is 1.80. The van der Waals surface area contributed by atoms with Crippen LogP contribution in [-0.2, 0) is 14.3 Å². The molecule has 0 aromatic heterocycles. The third-order valence-corrected chi connectivity index (χ3v) is 3.37. The lowest BCUT2D eigenvalue weighted by Gasteiger charge is -2.31. The number of hydrogen-bond acceptors (Lipinski definition) is 4. The van der Waals surface area contributed by atoms with Crippen molar-refractivity contribution in [2.45, 2.75) is 70.7 Å². The molecule has 3 unspecified atom stereocenters. The van der Waals surface area contributed by atoms with Gasteiger partial charge in [0.15, 0.2) is 0 Å². The van der Waals surface area contributed by atoms with Crippen LogP contribution in [0.5, 0.6) is 0 Å². The summed E-state index contributed by atoms with van der Waals surface area (Å²) >= 11 is 0. The van der Waals surface area contributed by atoms with Gasteiger partial charge < -0.3 is 14.6 Å². The van der Waals surface area contributed by atoms with Gasteiger partial charge in [-0.25, -0.2) is 0 Å². The molecule has 0 saturated carbocycles. The number of carboxylic acids is 1. The van der Waals surface area contributed by atoms with E-state index in [1.54, 1.807) is 6.92 Å². The summed E-state index contributed by atoms with van der Waals surface area (Å²) in [5, 5.41) is 12.5. The van der Waals surface area contributed by atoms with Gasteiger partial charge in [0.05, 0.1) is 18.8 Å². The Hall–Kier alpha value is -0.650. The number of nitrogens with one attached hydrogen (secondary N) is 1. The molecular weight excluding hydrogens is 246 g/mol. The van der Waals surface area contributed by atoms with Crippen LogP contribution in [0.4, 0.5) is 0 Å². The van der Waals surface area contributed by atoms with Gasteiger partial charge in [0, 0.05) is 19.1 Å². The zero-order chi connectivity index (χ0) is 14.5. The van der Waals surface area contributed by atoms with Crippen LogP contribution in [0, 0.1) is 0 Å². The van der Waals surface area contributed by atoms with Crippen LogP contribution in [0.25, 0.3) is 0 Å². The minimum absolute atomic E-state index is 0.114. The second kappa shape index (κ2) is 7.22. The molecule has 5 nitrogen and oxygen atoms in total. The lowest BCUT2D eigenvalue weighted by Crippen LogP contribution is -2.54. The number of carbonyl (C=O) groups is 1. The summed E-state index contributed by atoms with van der Waals surface area (Å²) in [7, 11) is 0. The molecule has 0 spiro atoms. The summed E-state index contributed by atoms with van der Waals surface area (Å²) < 4.78 is 11.2. The normalized spacial score (nSPS) is 24.4. The third kappa shape index (κ3) is 5.47. The fourth-order valence-corrected chi connectivity index (χ4v) is 2.53. The van der Waals surface area contributed by atoms with Gasteiger partial charge >= 0.3 is 5.97 Å². The average molecular weight is 273 g/mol. The Balaban J connectivity index is 2.41. The Kier molecular flexibility index (Phi) is 6.23. The minimum Gasteiger partial charge on any atom is -0.480 e. The number of carboxylic acid groups (broad SMARTS) is 1. The predicted molar refractivity (Wildman–Crippen MR) is 73.3 cm³/mol. The maximum absolute atomic E-state index is 11.4. The van der Waals surface area contributed by atoms with Crippen LogP contribution in [-0.4, -0.2) is 48.1 Å². The van der Waals surface area contributed by atoms with Crippen molar-refractivity contribution >= 4 is 5.97 Å². The number of rotatable bonds is 8. The molecule has 0 aliphatic carbocycles. The second-order valence-corrected chi connectivity index (χ2v) is 5.92. The maximum atomic E-state index is 11.4. The zero-order valence-corrected chi connectivity index (χ0v) is 12.4. The minimum atomic E-state index is -0.954. The SMILES string of the molecule is CC(C)NC(C)(CC(C)OCC1CCCO1)C(=O)O. The molecule has 3 atom stereocenters. The molecule has 1 saturated heterocycles. The van der Waals surface area contributed by atoms with Gasteiger partial charge in [0.25, 0.3) is 0 Å². The van der Waals surface area contributed by atoms with Crippen molar-refractivity contribution < 1.29 is 19.4 Å². The van der Waals surface area contributed by atoms with Crippen molar-refractivity contribution in [3.63, 3.8) is 0 Å². The monoisotopic (exact) mass is 273 g/mol. The first-order valence-electron chi connectivity index (χ1n) is 7.08. The Morgan fingerprint density at radius 2 is 2.21 bits per heavy atom. The van der Waals surface area contributed by atoms with Crippen molar-refractivity contribution in [2.24, 2.45) is 0 Å². The fraction of sp³-hybridized carbons (Fsp3) is 0.929. The first kappa shape index (κ1) is 16.4. The number of hydrogen-bond donors (Lipinski definition) is 2. The van der Waals surface area contributed by atoms with Gasteiger partial charge in [-0.05, 0) is 40.5 Å². The second-order valence-electron chi connectivity index (χ2n) is 5.92. The van der Waals surface area contributed by atoms with Crippen molar-refractivity contribution in [2.75, 3.05) is 13.2 Å². The van der Waals surface area contributed by atoms with E-state index in [4.69, 9.17) is 9.47 Å². The Morgan fingerprint density at radius 3 is 2.68 bits per heavy atom. The molecule has 1 rings (SSSR count). The highest BCUT2D eigenvalue weighted by Gasteiger charge is 2.35. The third-order valence-electron chi connectivity index (χ3n) is 3.37. The highest BCUT2D eigenvalue weighted by Crippen LogP contribution is 2.18. The van der Waals surface area contributed by atoms with Crippen LogP contribution >= 0.6 is 0 Å². The van der Waals surface area contributed by atoms with Crippen molar-refractivity contribution in [1.82, 2.24) is 5.32 Å². The van der Waals surface area contributed by atoms with E-state index in [0.717, 1.165) is 19.4 Å². The molecule has 1 heterocycles.